The maximum absolute atomic E-state index is 12.9. The maximum Gasteiger partial charge on any atom is 0.338 e. The summed E-state index contributed by atoms with van der Waals surface area (Å²) in [5.41, 5.74) is 1.24. The molecule has 3 rings (SSSR count). The lowest BCUT2D eigenvalue weighted by molar-refractivity contribution is -0.129. The van der Waals surface area contributed by atoms with Gasteiger partial charge in [-0.2, -0.15) is 0 Å². The number of esters is 1. The van der Waals surface area contributed by atoms with Crippen LogP contribution in [0, 0.1) is 5.82 Å². The zero-order valence-electron chi connectivity index (χ0n) is 16.9. The molecular formula is C23H26FNO5. The van der Waals surface area contributed by atoms with Crippen LogP contribution in [0.3, 0.4) is 0 Å². The lowest BCUT2D eigenvalue weighted by atomic mass is 10.1. The third kappa shape index (κ3) is 6.56. The summed E-state index contributed by atoms with van der Waals surface area (Å²) in [7, 11) is 0. The second-order valence-corrected chi connectivity index (χ2v) is 7.19. The minimum absolute atomic E-state index is 0.122. The molecule has 1 aliphatic heterocycles. The molecule has 0 unspecified atom stereocenters. The van der Waals surface area contributed by atoms with E-state index >= 15 is 0 Å². The minimum atomic E-state index is -0.929. The number of benzene rings is 2. The summed E-state index contributed by atoms with van der Waals surface area (Å²) >= 11 is 0. The van der Waals surface area contributed by atoms with Gasteiger partial charge in [-0.1, -0.05) is 12.1 Å². The quantitative estimate of drug-likeness (QED) is 0.637. The Morgan fingerprint density at radius 2 is 1.90 bits per heavy atom. The van der Waals surface area contributed by atoms with E-state index in [1.165, 1.54) is 19.1 Å². The van der Waals surface area contributed by atoms with Crippen LogP contribution < -0.4 is 10.1 Å². The molecule has 0 saturated carbocycles. The van der Waals surface area contributed by atoms with E-state index in [0.29, 0.717) is 30.9 Å². The van der Waals surface area contributed by atoms with Crippen molar-refractivity contribution in [2.45, 2.75) is 38.4 Å². The largest absolute Gasteiger partial charge is 0.491 e. The number of ether oxygens (including phenoxy) is 3. The van der Waals surface area contributed by atoms with E-state index in [0.717, 1.165) is 25.0 Å². The second-order valence-electron chi connectivity index (χ2n) is 7.19. The number of amides is 1. The van der Waals surface area contributed by atoms with E-state index in [2.05, 4.69) is 5.32 Å². The Morgan fingerprint density at radius 1 is 1.17 bits per heavy atom. The fourth-order valence-corrected chi connectivity index (χ4v) is 3.06. The predicted molar refractivity (Wildman–Crippen MR) is 109 cm³/mol. The number of rotatable bonds is 9. The number of halogens is 1. The second kappa shape index (κ2) is 10.7. The highest BCUT2D eigenvalue weighted by Crippen LogP contribution is 2.17. The van der Waals surface area contributed by atoms with Crippen LogP contribution in [0.1, 0.15) is 35.7 Å². The fraction of sp³-hybridized carbons (Fsp3) is 0.391. The summed E-state index contributed by atoms with van der Waals surface area (Å²) < 4.78 is 29.3. The van der Waals surface area contributed by atoms with Crippen molar-refractivity contribution in [1.29, 1.82) is 0 Å². The topological polar surface area (TPSA) is 73.9 Å². The Kier molecular flexibility index (Phi) is 7.79. The molecule has 2 atom stereocenters. The van der Waals surface area contributed by atoms with Crippen molar-refractivity contribution in [3.05, 3.63) is 65.5 Å². The predicted octanol–water partition coefficient (Wildman–Crippen LogP) is 3.29. The number of nitrogens with one attached hydrogen (secondary N) is 1. The lowest BCUT2D eigenvalue weighted by Gasteiger charge is -2.14. The number of carbonyl (C=O) groups is 2. The first kappa shape index (κ1) is 21.8. The van der Waals surface area contributed by atoms with Gasteiger partial charge in [0.15, 0.2) is 6.10 Å². The molecule has 7 heteroatoms. The monoisotopic (exact) mass is 415 g/mol. The summed E-state index contributed by atoms with van der Waals surface area (Å²) in [5, 5.41) is 2.71. The first-order valence-corrected chi connectivity index (χ1v) is 10.1. The van der Waals surface area contributed by atoms with Crippen LogP contribution in [0.2, 0.25) is 0 Å². The van der Waals surface area contributed by atoms with Gasteiger partial charge >= 0.3 is 5.97 Å². The van der Waals surface area contributed by atoms with Gasteiger partial charge in [-0.25, -0.2) is 9.18 Å². The highest BCUT2D eigenvalue weighted by molar-refractivity contribution is 5.92. The molecule has 1 amide bonds. The normalized spacial score (nSPS) is 16.7. The maximum atomic E-state index is 12.9. The Morgan fingerprint density at radius 3 is 2.57 bits per heavy atom. The van der Waals surface area contributed by atoms with Gasteiger partial charge < -0.3 is 19.5 Å². The van der Waals surface area contributed by atoms with Crippen molar-refractivity contribution in [3.8, 4) is 5.75 Å². The molecule has 1 aliphatic rings. The van der Waals surface area contributed by atoms with Crippen LogP contribution in [0.15, 0.2) is 48.5 Å². The molecule has 30 heavy (non-hydrogen) atoms. The Labute approximate surface area is 175 Å². The van der Waals surface area contributed by atoms with Crippen LogP contribution >= 0.6 is 0 Å². The van der Waals surface area contributed by atoms with Crippen LogP contribution in [-0.2, 0) is 20.7 Å². The van der Waals surface area contributed by atoms with Crippen molar-refractivity contribution in [2.24, 2.45) is 0 Å². The molecule has 0 aromatic heterocycles. The van der Waals surface area contributed by atoms with Gasteiger partial charge in [0.1, 0.15) is 18.2 Å². The van der Waals surface area contributed by atoms with Gasteiger partial charge in [-0.3, -0.25) is 4.79 Å². The SMILES string of the molecule is C[C@@H](OC(=O)c1ccc(OC[C@@H]2CCCO2)cc1)C(=O)NCCc1ccc(F)cc1. The highest BCUT2D eigenvalue weighted by Gasteiger charge is 2.19. The Balaban J connectivity index is 1.40. The number of carbonyl (C=O) groups excluding carboxylic acids is 2. The molecule has 2 aromatic rings. The van der Waals surface area contributed by atoms with E-state index in [1.54, 1.807) is 36.4 Å². The summed E-state index contributed by atoms with van der Waals surface area (Å²) in [4.78, 5) is 24.4. The molecule has 6 nitrogen and oxygen atoms in total. The van der Waals surface area contributed by atoms with E-state index in [4.69, 9.17) is 14.2 Å². The molecule has 0 radical (unpaired) electrons. The van der Waals surface area contributed by atoms with Gasteiger partial charge in [0.25, 0.3) is 5.91 Å². The van der Waals surface area contributed by atoms with Crippen molar-refractivity contribution in [2.75, 3.05) is 19.8 Å². The van der Waals surface area contributed by atoms with Gasteiger partial charge in [-0.05, 0) is 68.1 Å². The molecule has 1 heterocycles. The molecule has 1 saturated heterocycles. The van der Waals surface area contributed by atoms with E-state index in [1.807, 2.05) is 0 Å². The van der Waals surface area contributed by atoms with Gasteiger partial charge in [0.05, 0.1) is 11.7 Å². The summed E-state index contributed by atoms with van der Waals surface area (Å²) in [5.74, 6) is -0.622. The van der Waals surface area contributed by atoms with Crippen molar-refractivity contribution < 1.29 is 28.2 Å². The fourth-order valence-electron chi connectivity index (χ4n) is 3.06. The van der Waals surface area contributed by atoms with Crippen LogP contribution in [0.4, 0.5) is 4.39 Å². The smallest absolute Gasteiger partial charge is 0.338 e. The lowest BCUT2D eigenvalue weighted by Crippen LogP contribution is -2.36. The molecule has 0 aliphatic carbocycles. The van der Waals surface area contributed by atoms with E-state index in [9.17, 15) is 14.0 Å². The zero-order chi connectivity index (χ0) is 21.3. The number of hydrogen-bond donors (Lipinski definition) is 1. The Hall–Kier alpha value is -2.93. The first-order chi connectivity index (χ1) is 14.5. The summed E-state index contributed by atoms with van der Waals surface area (Å²) in [6.45, 7) is 3.14. The van der Waals surface area contributed by atoms with E-state index in [-0.39, 0.29) is 17.8 Å². The molecule has 1 N–H and O–H groups in total. The van der Waals surface area contributed by atoms with Crippen LogP contribution in [-0.4, -0.2) is 43.8 Å². The van der Waals surface area contributed by atoms with Crippen molar-refractivity contribution in [3.63, 3.8) is 0 Å². The van der Waals surface area contributed by atoms with E-state index < -0.39 is 12.1 Å². The third-order valence-electron chi connectivity index (χ3n) is 4.83. The average molecular weight is 415 g/mol. The minimum Gasteiger partial charge on any atom is -0.491 e. The molecular weight excluding hydrogens is 389 g/mol. The highest BCUT2D eigenvalue weighted by atomic mass is 19.1. The first-order valence-electron chi connectivity index (χ1n) is 10.1. The zero-order valence-corrected chi connectivity index (χ0v) is 16.9. The molecule has 0 spiro atoms. The Bertz CT molecular complexity index is 832. The van der Waals surface area contributed by atoms with Crippen LogP contribution in [0.5, 0.6) is 5.75 Å². The standard InChI is InChI=1S/C23H26FNO5/c1-16(22(26)25-13-12-17-4-8-19(24)9-5-17)30-23(27)18-6-10-20(11-7-18)29-15-21-3-2-14-28-21/h4-11,16,21H,2-3,12-15H2,1H3,(H,25,26)/t16-,21+/m1/s1. The summed E-state index contributed by atoms with van der Waals surface area (Å²) in [6.07, 6.45) is 1.80. The number of hydrogen-bond acceptors (Lipinski definition) is 5. The van der Waals surface area contributed by atoms with Gasteiger partial charge in [0, 0.05) is 13.2 Å². The molecule has 2 aromatic carbocycles. The average Bonchev–Trinajstić information content (AvgIpc) is 3.27. The third-order valence-corrected chi connectivity index (χ3v) is 4.83. The van der Waals surface area contributed by atoms with Crippen molar-refractivity contribution in [1.82, 2.24) is 5.32 Å². The van der Waals surface area contributed by atoms with Crippen LogP contribution in [0.25, 0.3) is 0 Å². The molecule has 1 fully saturated rings. The summed E-state index contributed by atoms with van der Waals surface area (Å²) in [6, 6.07) is 12.7. The van der Waals surface area contributed by atoms with Gasteiger partial charge in [0.2, 0.25) is 0 Å². The molecule has 0 bridgehead atoms. The van der Waals surface area contributed by atoms with Gasteiger partial charge in [-0.15, -0.1) is 0 Å². The molecule has 160 valence electrons. The van der Waals surface area contributed by atoms with Crippen molar-refractivity contribution >= 4 is 11.9 Å².